The van der Waals surface area contributed by atoms with Crippen molar-refractivity contribution in [1.82, 2.24) is 4.58 Å². The summed E-state index contributed by atoms with van der Waals surface area (Å²) in [6, 6.07) is 35.8. The summed E-state index contributed by atoms with van der Waals surface area (Å²) in [7, 11) is 0. The highest BCUT2D eigenvalue weighted by molar-refractivity contribution is 6.07. The molecule has 0 atom stereocenters. The molecule has 3 aliphatic rings. The van der Waals surface area contributed by atoms with Gasteiger partial charge in [0.15, 0.2) is 12.8 Å². The predicted molar refractivity (Wildman–Crippen MR) is 218 cm³/mol. The molecule has 0 saturated carbocycles. The van der Waals surface area contributed by atoms with Crippen molar-refractivity contribution < 1.29 is 14.9 Å². The number of aliphatic hydroxyl groups is 2. The summed E-state index contributed by atoms with van der Waals surface area (Å²) in [6.45, 7) is 13.3. The van der Waals surface area contributed by atoms with Crippen LogP contribution in [0, 0.1) is 6.92 Å². The lowest BCUT2D eigenvalue weighted by Crippen LogP contribution is -2.29. The molecule has 3 aliphatic heterocycles. The summed E-state index contributed by atoms with van der Waals surface area (Å²) >= 11 is 0. The Hall–Kier alpha value is -4.97. The van der Waals surface area contributed by atoms with E-state index in [0.29, 0.717) is 6.42 Å². The number of rotatable bonds is 8. The van der Waals surface area contributed by atoms with Crippen molar-refractivity contribution in [2.24, 2.45) is 0 Å². The fourth-order valence-corrected chi connectivity index (χ4v) is 9.36. The van der Waals surface area contributed by atoms with Gasteiger partial charge in [0.1, 0.15) is 11.5 Å². The molecular weight excluding hydrogens is 653 g/mol. The first-order valence-electron chi connectivity index (χ1n) is 19.3. The molecular formula is C48H49N2O3+. The number of ether oxygens (including phenoxy) is 1. The molecule has 53 heavy (non-hydrogen) atoms. The van der Waals surface area contributed by atoms with Gasteiger partial charge in [0.25, 0.3) is 0 Å². The van der Waals surface area contributed by atoms with Crippen LogP contribution in [-0.2, 0) is 17.3 Å². The summed E-state index contributed by atoms with van der Waals surface area (Å²) in [5.74, 6) is 1.99. The minimum absolute atomic E-state index is 0.150. The number of benzene rings is 6. The molecule has 0 aromatic heterocycles. The second kappa shape index (κ2) is 12.6. The molecule has 9 rings (SSSR count). The Morgan fingerprint density at radius 2 is 1.40 bits per heavy atom. The first-order chi connectivity index (χ1) is 25.5. The first-order valence-corrected chi connectivity index (χ1v) is 19.3. The molecule has 5 heteroatoms. The van der Waals surface area contributed by atoms with Crippen molar-refractivity contribution in [1.29, 1.82) is 0 Å². The van der Waals surface area contributed by atoms with E-state index in [1.54, 1.807) is 0 Å². The highest BCUT2D eigenvalue weighted by atomic mass is 16.5. The van der Waals surface area contributed by atoms with E-state index in [0.717, 1.165) is 50.3 Å². The van der Waals surface area contributed by atoms with Crippen molar-refractivity contribution >= 4 is 44.7 Å². The lowest BCUT2D eigenvalue weighted by molar-refractivity contribution is -0.0465. The minimum Gasteiger partial charge on any atom is -0.455 e. The zero-order valence-electron chi connectivity index (χ0n) is 31.5. The molecule has 3 heterocycles. The first kappa shape index (κ1) is 33.8. The van der Waals surface area contributed by atoms with Crippen molar-refractivity contribution in [2.75, 3.05) is 18.0 Å². The van der Waals surface area contributed by atoms with E-state index in [9.17, 15) is 10.2 Å². The van der Waals surface area contributed by atoms with Crippen LogP contribution in [0.25, 0.3) is 27.6 Å². The van der Waals surface area contributed by atoms with Crippen LogP contribution in [0.1, 0.15) is 81.2 Å². The van der Waals surface area contributed by atoms with E-state index in [4.69, 9.17) is 4.74 Å². The predicted octanol–water partition coefficient (Wildman–Crippen LogP) is 9.19. The molecule has 6 aromatic carbocycles. The SMILES string of the molecule is Cc1ccc([N+]2=c3c(c4c(c5ccccc35)=Cc3c(c5c(c6ccccc36)N(c3ccc(CCCCCC(O)O)cc3)CC5(C)C)O4)C(C)(C)C2)cc1. The zero-order valence-corrected chi connectivity index (χ0v) is 31.5. The highest BCUT2D eigenvalue weighted by Crippen LogP contribution is 2.56. The molecule has 0 unspecified atom stereocenters. The van der Waals surface area contributed by atoms with E-state index >= 15 is 0 Å². The Morgan fingerprint density at radius 1 is 0.717 bits per heavy atom. The van der Waals surface area contributed by atoms with E-state index in [2.05, 4.69) is 147 Å². The molecule has 0 fully saturated rings. The van der Waals surface area contributed by atoms with Gasteiger partial charge in [0.05, 0.1) is 22.1 Å². The van der Waals surface area contributed by atoms with E-state index in [1.807, 2.05) is 0 Å². The lowest BCUT2D eigenvalue weighted by atomic mass is 9.81. The Labute approximate surface area is 312 Å². The molecule has 0 amide bonds. The quantitative estimate of drug-likeness (QED) is 0.0943. The van der Waals surface area contributed by atoms with Gasteiger partial charge in [0.2, 0.25) is 11.0 Å². The van der Waals surface area contributed by atoms with E-state index in [-0.39, 0.29) is 10.8 Å². The van der Waals surface area contributed by atoms with Crippen LogP contribution < -0.4 is 24.8 Å². The average molecular weight is 702 g/mol. The standard InChI is InChI=1S/C48H49N2O3/c1-30-19-23-32(24-20-30)49-28-47(2,3)41-43(49)36-16-11-9-14-34(36)38-27-39-35-15-10-12-17-37(35)44-42(46(39)53-45(38)41)48(4,5)29-50(44)33-25-21-31(22-26-33)13-7-6-8-18-40(51)52/h9-12,14-17,19-27,40,51-52H,6-8,13,18,28-29H2,1-5H3/q+1. The molecule has 0 radical (unpaired) electrons. The fraction of sp³-hybridized carbons (Fsp3) is 0.312. The molecule has 6 aromatic rings. The van der Waals surface area contributed by atoms with Gasteiger partial charge in [-0.3, -0.25) is 0 Å². The maximum absolute atomic E-state index is 9.18. The smallest absolute Gasteiger partial charge is 0.221 e. The number of aryl methyl sites for hydroxylation is 2. The van der Waals surface area contributed by atoms with Crippen molar-refractivity contribution in [3.8, 4) is 11.5 Å². The molecule has 0 aliphatic carbocycles. The fourth-order valence-electron chi connectivity index (χ4n) is 9.36. The van der Waals surface area contributed by atoms with Crippen molar-refractivity contribution in [3.63, 3.8) is 0 Å². The topological polar surface area (TPSA) is 55.9 Å². The van der Waals surface area contributed by atoms with Gasteiger partial charge in [-0.05, 0) is 87.1 Å². The third-order valence-corrected chi connectivity index (χ3v) is 11.9. The number of hydrogen-bond donors (Lipinski definition) is 2. The van der Waals surface area contributed by atoms with E-state index < -0.39 is 6.29 Å². The van der Waals surface area contributed by atoms with Gasteiger partial charge >= 0.3 is 0 Å². The van der Waals surface area contributed by atoms with Crippen LogP contribution >= 0.6 is 0 Å². The summed E-state index contributed by atoms with van der Waals surface area (Å²) in [5, 5.41) is 25.7. The van der Waals surface area contributed by atoms with Crippen LogP contribution in [-0.4, -0.2) is 29.6 Å². The average Bonchev–Trinajstić information content (AvgIpc) is 3.61. The van der Waals surface area contributed by atoms with E-state index in [1.165, 1.54) is 77.0 Å². The number of unbranched alkanes of at least 4 members (excludes halogenated alkanes) is 2. The van der Waals surface area contributed by atoms with Crippen molar-refractivity contribution in [3.05, 3.63) is 135 Å². The third-order valence-electron chi connectivity index (χ3n) is 11.9. The van der Waals surface area contributed by atoms with Gasteiger partial charge in [-0.2, -0.15) is 4.58 Å². The maximum atomic E-state index is 9.18. The molecule has 2 N–H and O–H groups in total. The lowest BCUT2D eigenvalue weighted by Gasteiger charge is -2.28. The molecule has 5 nitrogen and oxygen atoms in total. The Kier molecular flexibility index (Phi) is 8.03. The molecule has 0 spiro atoms. The summed E-state index contributed by atoms with van der Waals surface area (Å²) in [5.41, 5.74) is 9.63. The van der Waals surface area contributed by atoms with Crippen LogP contribution in [0.5, 0.6) is 11.5 Å². The van der Waals surface area contributed by atoms with Gasteiger partial charge in [-0.1, -0.05) is 92.6 Å². The monoisotopic (exact) mass is 701 g/mol. The molecule has 0 saturated heterocycles. The number of nitrogens with zero attached hydrogens (tertiary/aromatic N) is 2. The number of aliphatic hydroxyl groups excluding tert-OH is 1. The van der Waals surface area contributed by atoms with Crippen molar-refractivity contribution in [2.45, 2.75) is 83.8 Å². The zero-order chi connectivity index (χ0) is 36.6. The second-order valence-corrected chi connectivity index (χ2v) is 16.8. The number of hydrogen-bond acceptors (Lipinski definition) is 4. The van der Waals surface area contributed by atoms with Gasteiger partial charge in [-0.25, -0.2) is 0 Å². The van der Waals surface area contributed by atoms with Crippen LogP contribution in [0.3, 0.4) is 0 Å². The second-order valence-electron chi connectivity index (χ2n) is 16.8. The summed E-state index contributed by atoms with van der Waals surface area (Å²) < 4.78 is 10.0. The van der Waals surface area contributed by atoms with Crippen LogP contribution in [0.4, 0.5) is 17.1 Å². The van der Waals surface area contributed by atoms with Gasteiger partial charge < -0.3 is 19.8 Å². The Bertz CT molecular complexity index is 2550. The molecule has 268 valence electrons. The van der Waals surface area contributed by atoms with Crippen LogP contribution in [0.15, 0.2) is 97.1 Å². The summed E-state index contributed by atoms with van der Waals surface area (Å²) in [6.07, 6.45) is 5.51. The van der Waals surface area contributed by atoms with Gasteiger partial charge in [0, 0.05) is 51.5 Å². The normalized spacial score (nSPS) is 16.4. The largest absolute Gasteiger partial charge is 0.455 e. The van der Waals surface area contributed by atoms with Gasteiger partial charge in [-0.15, -0.1) is 0 Å². The number of fused-ring (bicyclic) bond motifs is 12. The Balaban J connectivity index is 1.22. The van der Waals surface area contributed by atoms with Crippen LogP contribution in [0.2, 0.25) is 0 Å². The summed E-state index contributed by atoms with van der Waals surface area (Å²) in [4.78, 5) is 2.51. The minimum atomic E-state index is -1.21. The Morgan fingerprint density at radius 3 is 2.11 bits per heavy atom. The maximum Gasteiger partial charge on any atom is 0.221 e. The molecule has 0 bridgehead atoms. The number of anilines is 2. The third kappa shape index (κ3) is 5.55. The highest BCUT2D eigenvalue weighted by Gasteiger charge is 2.46.